The number of hydrogen-bond donors (Lipinski definition) is 0. The molecule has 6 rings (SSSR count). The first kappa shape index (κ1) is 14.0. The molecular formula is C25H17N. The van der Waals surface area contributed by atoms with Gasteiger partial charge in [-0.2, -0.15) is 0 Å². The second-order valence-corrected chi connectivity index (χ2v) is 7.26. The molecule has 1 heteroatoms. The fourth-order valence-electron chi connectivity index (χ4n) is 5.09. The topological polar surface area (TPSA) is 12.9 Å². The second-order valence-electron chi connectivity index (χ2n) is 7.26. The number of fused-ring (bicyclic) bond motifs is 10. The van der Waals surface area contributed by atoms with Crippen LogP contribution in [0.2, 0.25) is 0 Å². The first-order valence-corrected chi connectivity index (χ1v) is 9.08. The van der Waals surface area contributed by atoms with Gasteiger partial charge in [0.15, 0.2) is 0 Å². The summed E-state index contributed by atoms with van der Waals surface area (Å²) in [6, 6.07) is 28.9. The molecular weight excluding hydrogens is 314 g/mol. The van der Waals surface area contributed by atoms with Crippen LogP contribution in [0.4, 0.5) is 0 Å². The predicted molar refractivity (Wildman–Crippen MR) is 105 cm³/mol. The highest BCUT2D eigenvalue weighted by molar-refractivity contribution is 5.94. The lowest BCUT2D eigenvalue weighted by Gasteiger charge is -2.30. The Morgan fingerprint density at radius 3 is 1.58 bits per heavy atom. The average molecular weight is 331 g/mol. The maximum Gasteiger partial charge on any atom is 0.0726 e. The summed E-state index contributed by atoms with van der Waals surface area (Å²) in [4.78, 5) is 4.62. The molecule has 2 aliphatic carbocycles. The summed E-state index contributed by atoms with van der Waals surface area (Å²) in [6.45, 7) is 2.09. The third-order valence-corrected chi connectivity index (χ3v) is 6.02. The Morgan fingerprint density at radius 1 is 0.577 bits per heavy atom. The van der Waals surface area contributed by atoms with Crippen molar-refractivity contribution in [1.82, 2.24) is 4.98 Å². The summed E-state index contributed by atoms with van der Waals surface area (Å²) >= 11 is 0. The van der Waals surface area contributed by atoms with Gasteiger partial charge in [-0.25, -0.2) is 0 Å². The Labute approximate surface area is 153 Å². The van der Waals surface area contributed by atoms with Gasteiger partial charge < -0.3 is 0 Å². The molecule has 0 radical (unpaired) electrons. The normalized spacial score (nSPS) is 14.7. The average Bonchev–Trinajstić information content (AvgIpc) is 3.15. The summed E-state index contributed by atoms with van der Waals surface area (Å²) in [5, 5.41) is 0. The molecule has 4 aromatic rings. The van der Waals surface area contributed by atoms with Crippen LogP contribution in [-0.4, -0.2) is 4.98 Å². The van der Waals surface area contributed by atoms with Crippen molar-refractivity contribution < 1.29 is 0 Å². The number of benzene rings is 3. The van der Waals surface area contributed by atoms with Crippen molar-refractivity contribution in [1.29, 1.82) is 0 Å². The molecule has 0 aliphatic heterocycles. The Balaban J connectivity index is 1.88. The molecule has 1 aromatic heterocycles. The van der Waals surface area contributed by atoms with Crippen molar-refractivity contribution in [3.05, 3.63) is 113 Å². The highest BCUT2D eigenvalue weighted by Gasteiger charge is 2.51. The fraction of sp³-hybridized carbons (Fsp3) is 0.0800. The van der Waals surface area contributed by atoms with Gasteiger partial charge in [-0.15, -0.1) is 0 Å². The molecule has 1 heterocycles. The van der Waals surface area contributed by atoms with Crippen LogP contribution in [0.5, 0.6) is 0 Å². The molecule has 1 nitrogen and oxygen atoms in total. The monoisotopic (exact) mass is 331 g/mol. The molecule has 0 N–H and O–H groups in total. The van der Waals surface area contributed by atoms with Crippen LogP contribution in [-0.2, 0) is 5.41 Å². The third-order valence-electron chi connectivity index (χ3n) is 6.02. The van der Waals surface area contributed by atoms with Crippen LogP contribution in [0.3, 0.4) is 0 Å². The molecule has 1 spiro atoms. The van der Waals surface area contributed by atoms with E-state index in [0.717, 1.165) is 5.69 Å². The standard InChI is InChI=1S/C25H17N/c1-16-14-24-20(15-26-16)19-10-4-7-13-23(19)25(24)21-11-5-2-8-17(21)18-9-3-6-12-22(18)25/h2-15H,1H3. The molecule has 2 aliphatic rings. The van der Waals surface area contributed by atoms with Crippen LogP contribution in [0.1, 0.15) is 27.9 Å². The zero-order chi connectivity index (χ0) is 17.3. The van der Waals surface area contributed by atoms with E-state index in [0.29, 0.717) is 0 Å². The summed E-state index contributed by atoms with van der Waals surface area (Å²) in [6.07, 6.45) is 2.06. The summed E-state index contributed by atoms with van der Waals surface area (Å²) in [7, 11) is 0. The number of hydrogen-bond acceptors (Lipinski definition) is 1. The molecule has 0 saturated carbocycles. The summed E-state index contributed by atoms with van der Waals surface area (Å²) < 4.78 is 0. The number of aromatic nitrogens is 1. The smallest absolute Gasteiger partial charge is 0.0726 e. The number of rotatable bonds is 0. The van der Waals surface area contributed by atoms with Gasteiger partial charge in [0.25, 0.3) is 0 Å². The van der Waals surface area contributed by atoms with Crippen molar-refractivity contribution in [2.45, 2.75) is 12.3 Å². The zero-order valence-corrected chi connectivity index (χ0v) is 14.5. The largest absolute Gasteiger partial charge is 0.261 e. The Morgan fingerprint density at radius 2 is 1.04 bits per heavy atom. The van der Waals surface area contributed by atoms with Crippen molar-refractivity contribution >= 4 is 0 Å². The Bertz CT molecular complexity index is 1140. The maximum absolute atomic E-state index is 4.62. The van der Waals surface area contributed by atoms with Crippen molar-refractivity contribution in [3.63, 3.8) is 0 Å². The van der Waals surface area contributed by atoms with E-state index >= 15 is 0 Å². The van der Waals surface area contributed by atoms with Gasteiger partial charge in [-0.3, -0.25) is 4.98 Å². The first-order chi connectivity index (χ1) is 12.8. The van der Waals surface area contributed by atoms with E-state index in [1.165, 1.54) is 44.5 Å². The van der Waals surface area contributed by atoms with Gasteiger partial charge in [0.05, 0.1) is 5.41 Å². The zero-order valence-electron chi connectivity index (χ0n) is 14.5. The van der Waals surface area contributed by atoms with Gasteiger partial charge in [-0.1, -0.05) is 72.8 Å². The van der Waals surface area contributed by atoms with E-state index in [9.17, 15) is 0 Å². The first-order valence-electron chi connectivity index (χ1n) is 9.08. The second kappa shape index (κ2) is 4.70. The van der Waals surface area contributed by atoms with E-state index in [-0.39, 0.29) is 5.41 Å². The molecule has 26 heavy (non-hydrogen) atoms. The van der Waals surface area contributed by atoms with Gasteiger partial charge in [-0.05, 0) is 51.9 Å². The number of aryl methyl sites for hydroxylation is 1. The van der Waals surface area contributed by atoms with Crippen LogP contribution < -0.4 is 0 Å². The lowest BCUT2D eigenvalue weighted by atomic mass is 9.70. The summed E-state index contributed by atoms with van der Waals surface area (Å²) in [5.74, 6) is 0. The highest BCUT2D eigenvalue weighted by Crippen LogP contribution is 2.62. The van der Waals surface area contributed by atoms with Crippen molar-refractivity contribution in [2.75, 3.05) is 0 Å². The lowest BCUT2D eigenvalue weighted by Crippen LogP contribution is -2.25. The predicted octanol–water partition coefficient (Wildman–Crippen LogP) is 5.73. The van der Waals surface area contributed by atoms with Crippen LogP contribution >= 0.6 is 0 Å². The Hall–Kier alpha value is -3.19. The SMILES string of the molecule is Cc1cc2c(cn1)-c1ccccc1C21c2ccccc2-c2ccccc21. The van der Waals surface area contributed by atoms with E-state index in [1.54, 1.807) is 0 Å². The third kappa shape index (κ3) is 1.46. The van der Waals surface area contributed by atoms with Crippen LogP contribution in [0.25, 0.3) is 22.3 Å². The molecule has 0 fully saturated rings. The van der Waals surface area contributed by atoms with E-state index < -0.39 is 0 Å². The minimum atomic E-state index is -0.229. The van der Waals surface area contributed by atoms with Crippen LogP contribution in [0, 0.1) is 6.92 Å². The van der Waals surface area contributed by atoms with E-state index in [1.807, 2.05) is 0 Å². The number of nitrogens with zero attached hydrogens (tertiary/aromatic N) is 1. The lowest BCUT2D eigenvalue weighted by molar-refractivity contribution is 0.790. The number of pyridine rings is 1. The molecule has 0 bridgehead atoms. The van der Waals surface area contributed by atoms with E-state index in [2.05, 4.69) is 97.0 Å². The minimum absolute atomic E-state index is 0.229. The minimum Gasteiger partial charge on any atom is -0.261 e. The summed E-state index contributed by atoms with van der Waals surface area (Å²) in [5.41, 5.74) is 11.6. The maximum atomic E-state index is 4.62. The van der Waals surface area contributed by atoms with Gasteiger partial charge in [0.1, 0.15) is 0 Å². The fourth-order valence-corrected chi connectivity index (χ4v) is 5.09. The molecule has 3 aromatic carbocycles. The van der Waals surface area contributed by atoms with Gasteiger partial charge in [0.2, 0.25) is 0 Å². The van der Waals surface area contributed by atoms with Crippen molar-refractivity contribution in [2.24, 2.45) is 0 Å². The molecule has 0 saturated heterocycles. The molecule has 122 valence electrons. The van der Waals surface area contributed by atoms with Crippen LogP contribution in [0.15, 0.2) is 85.1 Å². The molecule has 0 unspecified atom stereocenters. The van der Waals surface area contributed by atoms with Gasteiger partial charge in [0, 0.05) is 17.5 Å². The van der Waals surface area contributed by atoms with Crippen molar-refractivity contribution in [3.8, 4) is 22.3 Å². The quantitative estimate of drug-likeness (QED) is 0.346. The Kier molecular flexibility index (Phi) is 2.54. The molecule has 0 amide bonds. The van der Waals surface area contributed by atoms with E-state index in [4.69, 9.17) is 0 Å². The highest BCUT2D eigenvalue weighted by atomic mass is 14.7. The van der Waals surface area contributed by atoms with Gasteiger partial charge >= 0.3 is 0 Å². The molecule has 0 atom stereocenters.